The fourth-order valence-corrected chi connectivity index (χ4v) is 1.50. The van der Waals surface area contributed by atoms with Crippen LogP contribution in [0.1, 0.15) is 20.8 Å². The summed E-state index contributed by atoms with van der Waals surface area (Å²) >= 11 is 0. The quantitative estimate of drug-likeness (QED) is 0.0868. The van der Waals surface area contributed by atoms with E-state index in [9.17, 15) is 24.0 Å². The zero-order valence-corrected chi connectivity index (χ0v) is 23.7. The molecule has 226 valence electrons. The minimum atomic E-state index is -0.784. The number of ether oxygens (including phenoxy) is 8. The van der Waals surface area contributed by atoms with Gasteiger partial charge in [0.05, 0.1) is 20.3 Å². The van der Waals surface area contributed by atoms with E-state index in [-0.39, 0.29) is 58.8 Å². The van der Waals surface area contributed by atoms with Crippen LogP contribution in [0.5, 0.6) is 0 Å². The molecule has 40 heavy (non-hydrogen) atoms. The van der Waals surface area contributed by atoms with Gasteiger partial charge in [-0.2, -0.15) is 0 Å². The summed E-state index contributed by atoms with van der Waals surface area (Å²) in [6, 6.07) is 0. The zero-order chi connectivity index (χ0) is 31.3. The third kappa shape index (κ3) is 29.8. The van der Waals surface area contributed by atoms with Gasteiger partial charge in [-0.3, -0.25) is 0 Å². The molecule has 0 saturated heterocycles. The number of carbonyl (C=O) groups is 5. The lowest BCUT2D eigenvalue weighted by atomic mass is 10.4. The Morgan fingerprint density at radius 2 is 0.850 bits per heavy atom. The van der Waals surface area contributed by atoms with Crippen molar-refractivity contribution in [2.75, 3.05) is 60.0 Å². The lowest BCUT2D eigenvalue weighted by Gasteiger charge is -2.06. The average molecular weight is 573 g/mol. The van der Waals surface area contributed by atoms with Crippen LogP contribution in [0.25, 0.3) is 0 Å². The minimum Gasteiger partial charge on any atom is -0.466 e. The van der Waals surface area contributed by atoms with E-state index in [0.717, 1.165) is 0 Å². The van der Waals surface area contributed by atoms with Gasteiger partial charge >= 0.3 is 30.2 Å². The van der Waals surface area contributed by atoms with Gasteiger partial charge in [0.25, 0.3) is 0 Å². The van der Waals surface area contributed by atoms with E-state index in [4.69, 9.17) is 4.74 Å². The molecule has 0 heterocycles. The molecule has 0 amide bonds. The van der Waals surface area contributed by atoms with Crippen molar-refractivity contribution in [3.05, 3.63) is 61.8 Å². The van der Waals surface area contributed by atoms with Crippen molar-refractivity contribution < 1.29 is 61.9 Å². The molecule has 0 aromatic heterocycles. The van der Waals surface area contributed by atoms with Gasteiger partial charge in [-0.25, -0.2) is 24.0 Å². The first kappa shape index (κ1) is 40.1. The Hall–Kier alpha value is -4.39. The average Bonchev–Trinajstić information content (AvgIpc) is 2.92. The third-order valence-electron chi connectivity index (χ3n) is 3.31. The van der Waals surface area contributed by atoms with Gasteiger partial charge in [0.2, 0.25) is 0 Å². The SMILES string of the molecule is C=C(C)C(=O)OC.C=C(C)C(=O)OCCOC(=O)C(=C)C.C=CCOC(=O)OCCOCCOC(=O)OCC=C. The first-order valence-corrected chi connectivity index (χ1v) is 11.6. The van der Waals surface area contributed by atoms with Crippen molar-refractivity contribution >= 4 is 30.2 Å². The van der Waals surface area contributed by atoms with Crippen molar-refractivity contribution in [3.8, 4) is 0 Å². The van der Waals surface area contributed by atoms with Gasteiger partial charge in [-0.15, -0.1) is 0 Å². The maximum atomic E-state index is 10.8. The summed E-state index contributed by atoms with van der Waals surface area (Å²) in [6.07, 6.45) is 1.29. The molecule has 0 unspecified atom stereocenters. The van der Waals surface area contributed by atoms with Gasteiger partial charge in [0.1, 0.15) is 39.6 Å². The predicted molar refractivity (Wildman–Crippen MR) is 144 cm³/mol. The summed E-state index contributed by atoms with van der Waals surface area (Å²) in [6.45, 7) is 22.3. The van der Waals surface area contributed by atoms with E-state index in [1.54, 1.807) is 20.8 Å². The second-order valence-corrected chi connectivity index (χ2v) is 7.11. The molecule has 0 rings (SSSR count). The summed E-state index contributed by atoms with van der Waals surface area (Å²) in [4.78, 5) is 53.6. The Labute approximate surface area is 235 Å². The third-order valence-corrected chi connectivity index (χ3v) is 3.31. The Balaban J connectivity index is -0.000000569. The largest absolute Gasteiger partial charge is 0.508 e. The Morgan fingerprint density at radius 3 is 1.10 bits per heavy atom. The Kier molecular flexibility index (Phi) is 27.7. The lowest BCUT2D eigenvalue weighted by molar-refractivity contribution is -0.147. The van der Waals surface area contributed by atoms with E-state index >= 15 is 0 Å². The molecule has 13 nitrogen and oxygen atoms in total. The van der Waals surface area contributed by atoms with Crippen molar-refractivity contribution in [2.24, 2.45) is 0 Å². The maximum absolute atomic E-state index is 10.8. The number of esters is 3. The van der Waals surface area contributed by atoms with Gasteiger partial charge in [0, 0.05) is 16.7 Å². The molecular formula is C27H40O13. The number of rotatable bonds is 16. The molecule has 0 aliphatic heterocycles. The van der Waals surface area contributed by atoms with Crippen LogP contribution in [0.15, 0.2) is 61.8 Å². The highest BCUT2D eigenvalue weighted by molar-refractivity contribution is 5.87. The number of hydrogen-bond acceptors (Lipinski definition) is 13. The van der Waals surface area contributed by atoms with Crippen LogP contribution in [-0.2, 0) is 52.3 Å². The maximum Gasteiger partial charge on any atom is 0.508 e. The van der Waals surface area contributed by atoms with Crippen molar-refractivity contribution in [1.29, 1.82) is 0 Å². The molecule has 0 aromatic carbocycles. The Morgan fingerprint density at radius 1 is 0.525 bits per heavy atom. The molecule has 0 fully saturated rings. The topological polar surface area (TPSA) is 159 Å². The van der Waals surface area contributed by atoms with Gasteiger partial charge in [-0.1, -0.05) is 45.0 Å². The summed E-state index contributed by atoms with van der Waals surface area (Å²) in [7, 11) is 1.33. The van der Waals surface area contributed by atoms with Gasteiger partial charge in [0.15, 0.2) is 0 Å². The highest BCUT2D eigenvalue weighted by atomic mass is 16.7. The summed E-state index contributed by atoms with van der Waals surface area (Å²) in [5, 5.41) is 0. The lowest BCUT2D eigenvalue weighted by Crippen LogP contribution is -2.15. The van der Waals surface area contributed by atoms with Crippen LogP contribution in [0.4, 0.5) is 9.59 Å². The molecule has 0 saturated carbocycles. The van der Waals surface area contributed by atoms with Crippen molar-refractivity contribution in [2.45, 2.75) is 20.8 Å². The zero-order valence-electron chi connectivity index (χ0n) is 23.7. The second-order valence-electron chi connectivity index (χ2n) is 7.11. The molecule has 13 heteroatoms. The Bertz CT molecular complexity index is 802. The fourth-order valence-electron chi connectivity index (χ4n) is 1.50. The molecule has 0 radical (unpaired) electrons. The molecular weight excluding hydrogens is 532 g/mol. The highest BCUT2D eigenvalue weighted by Crippen LogP contribution is 1.94. The molecule has 0 aliphatic rings. The van der Waals surface area contributed by atoms with Crippen molar-refractivity contribution in [3.63, 3.8) is 0 Å². The summed E-state index contributed by atoms with van der Waals surface area (Å²) in [5.41, 5.74) is 1.06. The molecule has 0 spiro atoms. The molecule has 0 aliphatic carbocycles. The van der Waals surface area contributed by atoms with E-state index < -0.39 is 24.2 Å². The monoisotopic (exact) mass is 572 g/mol. The minimum absolute atomic E-state index is 0.0325. The van der Waals surface area contributed by atoms with E-state index in [1.165, 1.54) is 19.3 Å². The van der Waals surface area contributed by atoms with Crippen LogP contribution in [0.2, 0.25) is 0 Å². The van der Waals surface area contributed by atoms with E-state index in [2.05, 4.69) is 66.1 Å². The molecule has 0 atom stereocenters. The van der Waals surface area contributed by atoms with Crippen LogP contribution >= 0.6 is 0 Å². The van der Waals surface area contributed by atoms with Crippen molar-refractivity contribution in [1.82, 2.24) is 0 Å². The molecule has 0 bridgehead atoms. The van der Waals surface area contributed by atoms with E-state index in [1.807, 2.05) is 0 Å². The standard InChI is InChI=1S/C12H18O7.C10H14O4.C5H8O2/c1-3-5-16-11(13)18-9-7-15-8-10-19-12(14)17-6-4-2;1-7(2)9(11)13-5-6-14-10(12)8(3)4;1-4(2)5(6)7-3/h3-4H,1-2,5-10H2;1,3,5-6H2,2,4H3;1H2,2-3H3. The smallest absolute Gasteiger partial charge is 0.466 e. The van der Waals surface area contributed by atoms with Crippen LogP contribution < -0.4 is 0 Å². The van der Waals surface area contributed by atoms with E-state index in [0.29, 0.717) is 16.7 Å². The second kappa shape index (κ2) is 27.6. The number of carbonyl (C=O) groups excluding carboxylic acids is 5. The normalized spacial score (nSPS) is 8.90. The highest BCUT2D eigenvalue weighted by Gasteiger charge is 2.06. The molecule has 0 N–H and O–H groups in total. The molecule has 0 aromatic rings. The van der Waals surface area contributed by atoms with Gasteiger partial charge in [-0.05, 0) is 20.8 Å². The number of methoxy groups -OCH3 is 1. The van der Waals surface area contributed by atoms with Crippen LogP contribution in [-0.4, -0.2) is 90.2 Å². The predicted octanol–water partition coefficient (Wildman–Crippen LogP) is 3.64. The summed E-state index contributed by atoms with van der Waals surface area (Å²) < 4.78 is 37.1. The van der Waals surface area contributed by atoms with Gasteiger partial charge < -0.3 is 37.9 Å². The van der Waals surface area contributed by atoms with Crippen LogP contribution in [0.3, 0.4) is 0 Å². The first-order chi connectivity index (χ1) is 18.8. The van der Waals surface area contributed by atoms with Crippen LogP contribution in [0, 0.1) is 0 Å². The fraction of sp³-hybridized carbons (Fsp3) is 0.444. The number of hydrogen-bond donors (Lipinski definition) is 0. The summed E-state index contributed by atoms with van der Waals surface area (Å²) in [5.74, 6) is -1.33. The first-order valence-electron chi connectivity index (χ1n) is 11.6.